The van der Waals surface area contributed by atoms with E-state index in [0.717, 1.165) is 30.4 Å². The standard InChI is InChI=1S/C22H36O2/c1-5-6-7-8-12-22(3,4)18-14-19(23)21(20(24)15-18)17-11-9-10-16(2)13-17/h14-17,23-24H,5-13H2,1-4H3/t16-,17-/m1/s1. The molecule has 136 valence electrons. The summed E-state index contributed by atoms with van der Waals surface area (Å²) in [5, 5.41) is 21.2. The minimum absolute atomic E-state index is 0.0128. The molecule has 0 bridgehead atoms. The maximum atomic E-state index is 10.6. The molecule has 1 aliphatic rings. The summed E-state index contributed by atoms with van der Waals surface area (Å²) in [4.78, 5) is 0. The monoisotopic (exact) mass is 332 g/mol. The maximum Gasteiger partial charge on any atom is 0.123 e. The van der Waals surface area contributed by atoms with Gasteiger partial charge < -0.3 is 10.2 Å². The Morgan fingerprint density at radius 3 is 2.29 bits per heavy atom. The molecule has 2 nitrogen and oxygen atoms in total. The van der Waals surface area contributed by atoms with Gasteiger partial charge in [-0.1, -0.05) is 66.2 Å². The second-order valence-corrected chi connectivity index (χ2v) is 8.59. The summed E-state index contributed by atoms with van der Waals surface area (Å²) < 4.78 is 0. The van der Waals surface area contributed by atoms with Gasteiger partial charge in [-0.05, 0) is 54.2 Å². The fourth-order valence-electron chi connectivity index (χ4n) is 4.27. The van der Waals surface area contributed by atoms with Gasteiger partial charge in [0.1, 0.15) is 11.5 Å². The van der Waals surface area contributed by atoms with Crippen molar-refractivity contribution in [3.05, 3.63) is 23.3 Å². The van der Waals surface area contributed by atoms with Crippen LogP contribution in [0, 0.1) is 5.92 Å². The fourth-order valence-corrected chi connectivity index (χ4v) is 4.27. The number of phenols is 2. The maximum absolute atomic E-state index is 10.6. The first-order valence-corrected chi connectivity index (χ1v) is 9.91. The summed E-state index contributed by atoms with van der Waals surface area (Å²) in [5.41, 5.74) is 1.83. The molecule has 2 heteroatoms. The number of unbranched alkanes of at least 4 members (excludes halogenated alkanes) is 3. The van der Waals surface area contributed by atoms with E-state index in [1.807, 2.05) is 12.1 Å². The summed E-state index contributed by atoms with van der Waals surface area (Å²) in [5.74, 6) is 1.57. The summed E-state index contributed by atoms with van der Waals surface area (Å²) in [7, 11) is 0. The lowest BCUT2D eigenvalue weighted by atomic mass is 9.75. The van der Waals surface area contributed by atoms with E-state index in [1.165, 1.54) is 38.5 Å². The van der Waals surface area contributed by atoms with Crippen LogP contribution >= 0.6 is 0 Å². The molecule has 1 aromatic carbocycles. The molecule has 24 heavy (non-hydrogen) atoms. The largest absolute Gasteiger partial charge is 0.508 e. The van der Waals surface area contributed by atoms with E-state index in [9.17, 15) is 10.2 Å². The van der Waals surface area contributed by atoms with Gasteiger partial charge in [0, 0.05) is 5.56 Å². The van der Waals surface area contributed by atoms with Gasteiger partial charge in [0.15, 0.2) is 0 Å². The van der Waals surface area contributed by atoms with Gasteiger partial charge in [-0.2, -0.15) is 0 Å². The topological polar surface area (TPSA) is 40.5 Å². The average Bonchev–Trinajstić information content (AvgIpc) is 2.51. The summed E-state index contributed by atoms with van der Waals surface area (Å²) in [6.45, 7) is 8.94. The van der Waals surface area contributed by atoms with E-state index in [1.54, 1.807) is 0 Å². The van der Waals surface area contributed by atoms with Crippen LogP contribution < -0.4 is 0 Å². The Balaban J connectivity index is 2.16. The second-order valence-electron chi connectivity index (χ2n) is 8.59. The van der Waals surface area contributed by atoms with Crippen molar-refractivity contribution in [2.75, 3.05) is 0 Å². The van der Waals surface area contributed by atoms with Crippen molar-refractivity contribution in [1.82, 2.24) is 0 Å². The van der Waals surface area contributed by atoms with Crippen molar-refractivity contribution in [2.24, 2.45) is 5.92 Å². The van der Waals surface area contributed by atoms with E-state index < -0.39 is 0 Å². The van der Waals surface area contributed by atoms with Crippen LogP contribution in [0.2, 0.25) is 0 Å². The Labute approximate surface area is 148 Å². The van der Waals surface area contributed by atoms with Crippen molar-refractivity contribution < 1.29 is 10.2 Å². The summed E-state index contributed by atoms with van der Waals surface area (Å²) >= 11 is 0. The van der Waals surface area contributed by atoms with Gasteiger partial charge in [0.25, 0.3) is 0 Å². The Morgan fingerprint density at radius 2 is 1.71 bits per heavy atom. The highest BCUT2D eigenvalue weighted by Crippen LogP contribution is 2.45. The SMILES string of the molecule is CCCCCCC(C)(C)c1cc(O)c([C@@H]2CCC[C@@H](C)C2)c(O)c1. The molecule has 2 N–H and O–H groups in total. The van der Waals surface area contributed by atoms with Crippen LogP contribution in [-0.4, -0.2) is 10.2 Å². The highest BCUT2D eigenvalue weighted by atomic mass is 16.3. The smallest absolute Gasteiger partial charge is 0.123 e. The molecule has 0 unspecified atom stereocenters. The molecular formula is C22H36O2. The van der Waals surface area contributed by atoms with E-state index in [2.05, 4.69) is 27.7 Å². The zero-order chi connectivity index (χ0) is 17.7. The summed E-state index contributed by atoms with van der Waals surface area (Å²) in [6.07, 6.45) is 10.7. The number of hydrogen-bond donors (Lipinski definition) is 2. The molecule has 1 fully saturated rings. The minimum Gasteiger partial charge on any atom is -0.508 e. The molecule has 0 aliphatic heterocycles. The van der Waals surface area contributed by atoms with Gasteiger partial charge in [0.05, 0.1) is 0 Å². The van der Waals surface area contributed by atoms with Crippen LogP contribution in [0.1, 0.15) is 103 Å². The molecule has 0 heterocycles. The number of rotatable bonds is 7. The minimum atomic E-state index is -0.0128. The van der Waals surface area contributed by atoms with Gasteiger partial charge >= 0.3 is 0 Å². The van der Waals surface area contributed by atoms with Gasteiger partial charge in [-0.25, -0.2) is 0 Å². The quantitative estimate of drug-likeness (QED) is 0.549. The van der Waals surface area contributed by atoms with Crippen molar-refractivity contribution in [3.8, 4) is 11.5 Å². The van der Waals surface area contributed by atoms with Gasteiger partial charge in [0.2, 0.25) is 0 Å². The molecule has 1 aromatic rings. The van der Waals surface area contributed by atoms with Gasteiger partial charge in [-0.3, -0.25) is 0 Å². The molecule has 0 radical (unpaired) electrons. The van der Waals surface area contributed by atoms with Crippen LogP contribution in [0.5, 0.6) is 11.5 Å². The number of phenolic OH excluding ortho intramolecular Hbond substituents is 2. The average molecular weight is 333 g/mol. The molecule has 0 amide bonds. The number of aromatic hydroxyl groups is 2. The van der Waals surface area contributed by atoms with Crippen LogP contribution in [-0.2, 0) is 5.41 Å². The van der Waals surface area contributed by atoms with Gasteiger partial charge in [-0.15, -0.1) is 0 Å². The highest BCUT2D eigenvalue weighted by Gasteiger charge is 2.28. The van der Waals surface area contributed by atoms with Crippen LogP contribution in [0.3, 0.4) is 0 Å². The van der Waals surface area contributed by atoms with Crippen LogP contribution in [0.25, 0.3) is 0 Å². The molecule has 0 saturated heterocycles. The third-order valence-corrected chi connectivity index (χ3v) is 5.92. The third kappa shape index (κ3) is 4.68. The van der Waals surface area contributed by atoms with E-state index in [0.29, 0.717) is 23.3 Å². The normalized spacial score (nSPS) is 21.8. The second kappa shape index (κ2) is 8.27. The van der Waals surface area contributed by atoms with Crippen molar-refractivity contribution >= 4 is 0 Å². The van der Waals surface area contributed by atoms with Crippen LogP contribution in [0.4, 0.5) is 0 Å². The first-order chi connectivity index (χ1) is 11.3. The number of benzene rings is 1. The molecule has 2 atom stereocenters. The number of hydrogen-bond acceptors (Lipinski definition) is 2. The fraction of sp³-hybridized carbons (Fsp3) is 0.727. The van der Waals surface area contributed by atoms with E-state index in [4.69, 9.17) is 0 Å². The van der Waals surface area contributed by atoms with E-state index in [-0.39, 0.29) is 5.41 Å². The highest BCUT2D eigenvalue weighted by molar-refractivity contribution is 5.50. The lowest BCUT2D eigenvalue weighted by Crippen LogP contribution is -2.18. The molecule has 0 spiro atoms. The zero-order valence-corrected chi connectivity index (χ0v) is 16.1. The van der Waals surface area contributed by atoms with Crippen molar-refractivity contribution in [3.63, 3.8) is 0 Å². The predicted octanol–water partition coefficient (Wildman–Crippen LogP) is 6.64. The molecule has 0 aromatic heterocycles. The first kappa shape index (κ1) is 19.1. The van der Waals surface area contributed by atoms with Crippen molar-refractivity contribution in [1.29, 1.82) is 0 Å². The van der Waals surface area contributed by atoms with E-state index >= 15 is 0 Å². The molecule has 1 aliphatic carbocycles. The first-order valence-electron chi connectivity index (χ1n) is 9.91. The Morgan fingerprint density at radius 1 is 1.04 bits per heavy atom. The Bertz CT molecular complexity index is 510. The Hall–Kier alpha value is -1.18. The third-order valence-electron chi connectivity index (χ3n) is 5.92. The van der Waals surface area contributed by atoms with Crippen LogP contribution in [0.15, 0.2) is 12.1 Å². The molecular weight excluding hydrogens is 296 g/mol. The molecule has 2 rings (SSSR count). The Kier molecular flexibility index (Phi) is 6.60. The van der Waals surface area contributed by atoms with Crippen molar-refractivity contribution in [2.45, 2.75) is 96.8 Å². The predicted molar refractivity (Wildman–Crippen MR) is 102 cm³/mol. The zero-order valence-electron chi connectivity index (χ0n) is 16.1. The summed E-state index contributed by atoms with van der Waals surface area (Å²) in [6, 6.07) is 3.82. The molecule has 1 saturated carbocycles. The lowest BCUT2D eigenvalue weighted by Gasteiger charge is -2.30. The lowest BCUT2D eigenvalue weighted by molar-refractivity contribution is 0.326.